The molecule has 4 rings (SSSR count). The lowest BCUT2D eigenvalue weighted by molar-refractivity contribution is -0.115. The maximum absolute atomic E-state index is 12.9. The van der Waals surface area contributed by atoms with Crippen LogP contribution in [0, 0.1) is 0 Å². The standard InChI is InChI=1S/C17H17N3O3S/c21-17(20-9-3-5-13-4-1-2-6-15(13)20)14-7-8-16-18-24(22,23)11-10-19(16)12-14/h1-2,4,6-8,12H,3,5,9-11H2. The SMILES string of the molecule is O=C(C1=CN2CCS(=O)(=O)N=C2C=C1)N1CCCc2ccccc21. The topological polar surface area (TPSA) is 70.0 Å². The molecule has 24 heavy (non-hydrogen) atoms. The van der Waals surface area contributed by atoms with Gasteiger partial charge < -0.3 is 9.80 Å². The van der Waals surface area contributed by atoms with Gasteiger partial charge in [0.1, 0.15) is 5.84 Å². The summed E-state index contributed by atoms with van der Waals surface area (Å²) in [6.07, 6.45) is 6.87. The zero-order chi connectivity index (χ0) is 16.7. The van der Waals surface area contributed by atoms with E-state index in [4.69, 9.17) is 0 Å². The lowest BCUT2D eigenvalue weighted by Gasteiger charge is -2.32. The predicted octanol–water partition coefficient (Wildman–Crippen LogP) is 1.46. The van der Waals surface area contributed by atoms with E-state index in [-0.39, 0.29) is 11.7 Å². The molecule has 3 heterocycles. The van der Waals surface area contributed by atoms with Gasteiger partial charge in [-0.3, -0.25) is 4.79 Å². The van der Waals surface area contributed by atoms with E-state index in [1.165, 1.54) is 5.56 Å². The minimum Gasteiger partial charge on any atom is -0.330 e. The van der Waals surface area contributed by atoms with Crippen LogP contribution in [0.15, 0.2) is 52.6 Å². The monoisotopic (exact) mass is 343 g/mol. The van der Waals surface area contributed by atoms with E-state index >= 15 is 0 Å². The van der Waals surface area contributed by atoms with E-state index in [0.29, 0.717) is 24.5 Å². The number of aryl methyl sites for hydroxylation is 1. The van der Waals surface area contributed by atoms with E-state index in [1.54, 1.807) is 28.2 Å². The summed E-state index contributed by atoms with van der Waals surface area (Å²) in [4.78, 5) is 16.5. The van der Waals surface area contributed by atoms with Crippen LogP contribution in [0.1, 0.15) is 12.0 Å². The van der Waals surface area contributed by atoms with Crippen molar-refractivity contribution in [2.45, 2.75) is 12.8 Å². The average molecular weight is 343 g/mol. The van der Waals surface area contributed by atoms with Crippen molar-refractivity contribution in [2.24, 2.45) is 4.40 Å². The van der Waals surface area contributed by atoms with Crippen molar-refractivity contribution >= 4 is 27.5 Å². The number of hydrogen-bond donors (Lipinski definition) is 0. The second-order valence-corrected chi connectivity index (χ2v) is 7.79. The Bertz CT molecular complexity index is 899. The molecule has 0 atom stereocenters. The van der Waals surface area contributed by atoms with E-state index in [1.807, 2.05) is 18.2 Å². The number of carbonyl (C=O) groups excluding carboxylic acids is 1. The Morgan fingerprint density at radius 3 is 2.83 bits per heavy atom. The maximum atomic E-state index is 12.9. The second kappa shape index (κ2) is 5.59. The Morgan fingerprint density at radius 1 is 1.12 bits per heavy atom. The molecule has 1 aromatic carbocycles. The van der Waals surface area contributed by atoms with Crippen LogP contribution in [0.5, 0.6) is 0 Å². The highest BCUT2D eigenvalue weighted by Gasteiger charge is 2.28. The third kappa shape index (κ3) is 2.65. The molecule has 0 saturated heterocycles. The van der Waals surface area contributed by atoms with Gasteiger partial charge >= 0.3 is 0 Å². The van der Waals surface area contributed by atoms with Gasteiger partial charge in [0.15, 0.2) is 0 Å². The summed E-state index contributed by atoms with van der Waals surface area (Å²) < 4.78 is 26.9. The van der Waals surface area contributed by atoms with E-state index < -0.39 is 10.0 Å². The molecule has 0 aromatic heterocycles. The number of fused-ring (bicyclic) bond motifs is 2. The summed E-state index contributed by atoms with van der Waals surface area (Å²) in [7, 11) is -3.38. The summed E-state index contributed by atoms with van der Waals surface area (Å²) in [5, 5.41) is 0. The molecule has 0 bridgehead atoms. The molecular formula is C17H17N3O3S. The van der Waals surface area contributed by atoms with Gasteiger partial charge in [-0.05, 0) is 36.6 Å². The molecule has 3 aliphatic rings. The lowest BCUT2D eigenvalue weighted by atomic mass is 10.0. The number of hydrogen-bond acceptors (Lipinski definition) is 4. The Labute approximate surface area is 140 Å². The van der Waals surface area contributed by atoms with Crippen molar-refractivity contribution in [1.29, 1.82) is 0 Å². The first-order chi connectivity index (χ1) is 11.5. The second-order valence-electron chi connectivity index (χ2n) is 6.04. The lowest BCUT2D eigenvalue weighted by Crippen LogP contribution is -2.40. The Morgan fingerprint density at radius 2 is 1.96 bits per heavy atom. The van der Waals surface area contributed by atoms with Crippen molar-refractivity contribution in [3.63, 3.8) is 0 Å². The van der Waals surface area contributed by atoms with Crippen molar-refractivity contribution in [3.8, 4) is 0 Å². The first-order valence-corrected chi connectivity index (χ1v) is 9.53. The van der Waals surface area contributed by atoms with Gasteiger partial charge in [0.05, 0.1) is 11.3 Å². The molecule has 0 spiro atoms. The smallest absolute Gasteiger partial charge is 0.259 e. The minimum atomic E-state index is -3.38. The number of rotatable bonds is 1. The van der Waals surface area contributed by atoms with E-state index in [9.17, 15) is 13.2 Å². The van der Waals surface area contributed by atoms with Crippen molar-refractivity contribution in [2.75, 3.05) is 23.7 Å². The zero-order valence-electron chi connectivity index (χ0n) is 13.1. The molecule has 7 heteroatoms. The molecule has 1 aromatic rings. The fourth-order valence-corrected chi connectivity index (χ4v) is 4.20. The van der Waals surface area contributed by atoms with Crippen LogP contribution in [-0.2, 0) is 21.2 Å². The van der Waals surface area contributed by atoms with Gasteiger partial charge in [0, 0.05) is 25.0 Å². The van der Waals surface area contributed by atoms with E-state index in [2.05, 4.69) is 10.5 Å². The summed E-state index contributed by atoms with van der Waals surface area (Å²) >= 11 is 0. The third-order valence-electron chi connectivity index (χ3n) is 4.43. The molecule has 0 unspecified atom stereocenters. The number of amides is 1. The molecule has 0 aliphatic carbocycles. The van der Waals surface area contributed by atoms with Crippen LogP contribution in [0.2, 0.25) is 0 Å². The minimum absolute atomic E-state index is 0.0329. The highest BCUT2D eigenvalue weighted by Crippen LogP contribution is 2.29. The van der Waals surface area contributed by atoms with Gasteiger partial charge in [-0.25, -0.2) is 8.42 Å². The van der Waals surface area contributed by atoms with Gasteiger partial charge in [0.2, 0.25) is 0 Å². The summed E-state index contributed by atoms with van der Waals surface area (Å²) in [6.45, 7) is 1.01. The first kappa shape index (κ1) is 15.1. The number of benzene rings is 1. The van der Waals surface area contributed by atoms with Gasteiger partial charge in [0.25, 0.3) is 15.9 Å². The third-order valence-corrected chi connectivity index (χ3v) is 5.59. The van der Waals surface area contributed by atoms with Crippen molar-refractivity contribution in [1.82, 2.24) is 4.90 Å². The number of carbonyl (C=O) groups is 1. The number of anilines is 1. The Kier molecular flexibility index (Phi) is 3.53. The van der Waals surface area contributed by atoms with Crippen LogP contribution in [0.3, 0.4) is 0 Å². The van der Waals surface area contributed by atoms with Crippen molar-refractivity contribution in [3.05, 3.63) is 53.8 Å². The van der Waals surface area contributed by atoms with Gasteiger partial charge in [-0.15, -0.1) is 4.40 Å². The van der Waals surface area contributed by atoms with Crippen LogP contribution in [0.4, 0.5) is 5.69 Å². The molecule has 0 N–H and O–H groups in total. The highest BCUT2D eigenvalue weighted by molar-refractivity contribution is 7.90. The summed E-state index contributed by atoms with van der Waals surface area (Å²) in [5.74, 6) is 0.275. The van der Waals surface area contributed by atoms with Crippen molar-refractivity contribution < 1.29 is 13.2 Å². The normalized spacial score (nSPS) is 21.5. The Hall–Kier alpha value is -2.41. The maximum Gasteiger partial charge on any atom is 0.259 e. The number of sulfonamides is 1. The molecule has 124 valence electrons. The molecule has 3 aliphatic heterocycles. The van der Waals surface area contributed by atoms with Crippen LogP contribution in [-0.4, -0.2) is 43.9 Å². The van der Waals surface area contributed by atoms with Gasteiger partial charge in [-0.2, -0.15) is 0 Å². The number of nitrogens with zero attached hydrogens (tertiary/aromatic N) is 3. The molecule has 6 nitrogen and oxygen atoms in total. The zero-order valence-corrected chi connectivity index (χ0v) is 13.9. The number of para-hydroxylation sites is 1. The quantitative estimate of drug-likeness (QED) is 0.774. The highest BCUT2D eigenvalue weighted by atomic mass is 32.2. The number of amidine groups is 1. The largest absolute Gasteiger partial charge is 0.330 e. The summed E-state index contributed by atoms with van der Waals surface area (Å²) in [6, 6.07) is 7.96. The van der Waals surface area contributed by atoms with E-state index in [0.717, 1.165) is 18.5 Å². The Balaban J connectivity index is 1.64. The summed E-state index contributed by atoms with van der Waals surface area (Å²) in [5.41, 5.74) is 2.69. The fraction of sp³-hybridized carbons (Fsp3) is 0.294. The van der Waals surface area contributed by atoms with Crippen LogP contribution < -0.4 is 4.90 Å². The fourth-order valence-electron chi connectivity index (χ4n) is 3.23. The van der Waals surface area contributed by atoms with Crippen LogP contribution in [0.25, 0.3) is 0 Å². The average Bonchev–Trinajstić information content (AvgIpc) is 2.59. The molecule has 1 amide bonds. The molecule has 0 radical (unpaired) electrons. The van der Waals surface area contributed by atoms with Crippen LogP contribution >= 0.6 is 0 Å². The van der Waals surface area contributed by atoms with Gasteiger partial charge in [-0.1, -0.05) is 18.2 Å². The molecule has 0 saturated carbocycles. The molecular weight excluding hydrogens is 326 g/mol. The molecule has 0 fully saturated rings. The first-order valence-electron chi connectivity index (χ1n) is 7.92. The predicted molar refractivity (Wildman–Crippen MR) is 92.3 cm³/mol.